The van der Waals surface area contributed by atoms with E-state index < -0.39 is 18.7 Å². The summed E-state index contributed by atoms with van der Waals surface area (Å²) in [5.41, 5.74) is 0.277. The third-order valence-corrected chi connectivity index (χ3v) is 2.76. The van der Waals surface area contributed by atoms with Crippen molar-refractivity contribution in [2.45, 2.75) is 31.6 Å². The summed E-state index contributed by atoms with van der Waals surface area (Å²) in [6, 6.07) is 1.29. The Bertz CT molecular complexity index is 437. The first-order valence-electron chi connectivity index (χ1n) is 5.47. The lowest BCUT2D eigenvalue weighted by atomic mass is 10.2. The van der Waals surface area contributed by atoms with Gasteiger partial charge < -0.3 is 9.52 Å². The minimum absolute atomic E-state index is 0.0533. The maximum absolute atomic E-state index is 12.4. The van der Waals surface area contributed by atoms with Crippen molar-refractivity contribution < 1.29 is 27.5 Å². The number of carboxylic acids is 1. The van der Waals surface area contributed by atoms with E-state index in [1.807, 2.05) is 0 Å². The molecule has 0 atom stereocenters. The van der Waals surface area contributed by atoms with Gasteiger partial charge in [-0.3, -0.25) is 4.90 Å². The average molecular weight is 263 g/mol. The van der Waals surface area contributed by atoms with E-state index in [4.69, 9.17) is 9.52 Å². The Morgan fingerprint density at radius 2 is 2.17 bits per heavy atom. The summed E-state index contributed by atoms with van der Waals surface area (Å²) < 4.78 is 42.0. The quantitative estimate of drug-likeness (QED) is 0.886. The van der Waals surface area contributed by atoms with Gasteiger partial charge >= 0.3 is 12.1 Å². The lowest BCUT2D eigenvalue weighted by molar-refractivity contribution is -0.148. The van der Waals surface area contributed by atoms with Crippen molar-refractivity contribution in [2.75, 3.05) is 6.54 Å². The van der Waals surface area contributed by atoms with E-state index in [-0.39, 0.29) is 23.9 Å². The maximum Gasteiger partial charge on any atom is 0.401 e. The first-order chi connectivity index (χ1) is 8.37. The lowest BCUT2D eigenvalue weighted by Gasteiger charge is -2.22. The summed E-state index contributed by atoms with van der Waals surface area (Å²) in [5.74, 6) is -1.56. The third kappa shape index (κ3) is 3.25. The predicted octanol–water partition coefficient (Wildman–Crippen LogP) is 2.50. The van der Waals surface area contributed by atoms with Crippen LogP contribution in [0.15, 0.2) is 16.7 Å². The summed E-state index contributed by atoms with van der Waals surface area (Å²) in [6.07, 6.45) is -1.67. The highest BCUT2D eigenvalue weighted by Crippen LogP contribution is 2.32. The van der Waals surface area contributed by atoms with E-state index in [0.717, 1.165) is 12.8 Å². The van der Waals surface area contributed by atoms with Crippen LogP contribution in [-0.2, 0) is 6.54 Å². The van der Waals surface area contributed by atoms with Crippen molar-refractivity contribution >= 4 is 5.97 Å². The molecule has 18 heavy (non-hydrogen) atoms. The van der Waals surface area contributed by atoms with Crippen molar-refractivity contribution in [3.8, 4) is 0 Å². The van der Waals surface area contributed by atoms with Crippen molar-refractivity contribution in [2.24, 2.45) is 0 Å². The molecule has 0 bridgehead atoms. The molecule has 1 aliphatic carbocycles. The van der Waals surface area contributed by atoms with Crippen LogP contribution in [0.5, 0.6) is 0 Å². The summed E-state index contributed by atoms with van der Waals surface area (Å²) in [4.78, 5) is 12.0. The zero-order valence-electron chi connectivity index (χ0n) is 9.41. The molecule has 4 nitrogen and oxygen atoms in total. The Morgan fingerprint density at radius 1 is 1.50 bits per heavy atom. The van der Waals surface area contributed by atoms with Crippen LogP contribution in [0.3, 0.4) is 0 Å². The van der Waals surface area contributed by atoms with Gasteiger partial charge in [0.1, 0.15) is 0 Å². The van der Waals surface area contributed by atoms with E-state index in [0.29, 0.717) is 0 Å². The van der Waals surface area contributed by atoms with Crippen LogP contribution >= 0.6 is 0 Å². The fourth-order valence-electron chi connectivity index (χ4n) is 1.85. The van der Waals surface area contributed by atoms with Gasteiger partial charge in [-0.05, 0) is 18.9 Å². The Balaban J connectivity index is 2.09. The number of hydrogen-bond donors (Lipinski definition) is 1. The van der Waals surface area contributed by atoms with Gasteiger partial charge in [-0.25, -0.2) is 4.79 Å². The molecule has 2 rings (SSSR count). The average Bonchev–Trinajstić information content (AvgIpc) is 2.96. The molecule has 0 radical (unpaired) electrons. The van der Waals surface area contributed by atoms with Crippen LogP contribution < -0.4 is 0 Å². The van der Waals surface area contributed by atoms with E-state index in [9.17, 15) is 18.0 Å². The van der Waals surface area contributed by atoms with Crippen molar-refractivity contribution in [1.82, 2.24) is 4.90 Å². The number of alkyl halides is 3. The van der Waals surface area contributed by atoms with E-state index in [2.05, 4.69) is 0 Å². The summed E-state index contributed by atoms with van der Waals surface area (Å²) >= 11 is 0. The second-order valence-electron chi connectivity index (χ2n) is 4.33. The van der Waals surface area contributed by atoms with E-state index in [1.54, 1.807) is 0 Å². The fourth-order valence-corrected chi connectivity index (χ4v) is 1.85. The minimum Gasteiger partial charge on any atom is -0.475 e. The molecule has 1 saturated carbocycles. The highest BCUT2D eigenvalue weighted by molar-refractivity contribution is 5.86. The summed E-state index contributed by atoms with van der Waals surface area (Å²) in [6.45, 7) is -1.08. The molecule has 0 aromatic carbocycles. The van der Waals surface area contributed by atoms with Crippen LogP contribution in [0.1, 0.15) is 29.0 Å². The Labute approximate surface area is 101 Å². The molecular weight excluding hydrogens is 251 g/mol. The van der Waals surface area contributed by atoms with Gasteiger partial charge in [0.25, 0.3) is 0 Å². The van der Waals surface area contributed by atoms with Gasteiger partial charge in [-0.15, -0.1) is 0 Å². The molecular formula is C11H12F3NO3. The molecule has 0 saturated heterocycles. The molecule has 7 heteroatoms. The van der Waals surface area contributed by atoms with Crippen molar-refractivity contribution in [1.29, 1.82) is 0 Å². The molecule has 0 amide bonds. The molecule has 1 aliphatic rings. The minimum atomic E-state index is -4.28. The number of nitrogens with zero attached hydrogens (tertiary/aromatic N) is 1. The van der Waals surface area contributed by atoms with E-state index >= 15 is 0 Å². The van der Waals surface area contributed by atoms with Gasteiger partial charge in [0.2, 0.25) is 5.76 Å². The zero-order chi connectivity index (χ0) is 13.3. The topological polar surface area (TPSA) is 53.7 Å². The molecule has 0 spiro atoms. The van der Waals surface area contributed by atoms with Crippen molar-refractivity contribution in [3.63, 3.8) is 0 Å². The lowest BCUT2D eigenvalue weighted by Crippen LogP contribution is -2.35. The number of halogens is 3. The number of aromatic carboxylic acids is 1. The first-order valence-corrected chi connectivity index (χ1v) is 5.47. The highest BCUT2D eigenvalue weighted by atomic mass is 19.4. The maximum atomic E-state index is 12.4. The Hall–Kier alpha value is -1.50. The van der Waals surface area contributed by atoms with Crippen LogP contribution in [0.2, 0.25) is 0 Å². The highest BCUT2D eigenvalue weighted by Gasteiger charge is 2.38. The van der Waals surface area contributed by atoms with Gasteiger partial charge in [0, 0.05) is 18.2 Å². The van der Waals surface area contributed by atoms with E-state index in [1.165, 1.54) is 17.2 Å². The molecule has 1 aromatic rings. The van der Waals surface area contributed by atoms with Crippen LogP contribution in [0, 0.1) is 0 Å². The first kappa shape index (κ1) is 12.9. The standard InChI is InChI=1S/C11H12F3NO3/c12-11(13,14)6-15(8-1-2-8)5-7-3-4-18-9(7)10(16)17/h3-4,8H,1-2,5-6H2,(H,16,17). The third-order valence-electron chi connectivity index (χ3n) is 2.76. The van der Waals surface area contributed by atoms with Gasteiger partial charge in [-0.2, -0.15) is 13.2 Å². The van der Waals surface area contributed by atoms with Crippen LogP contribution in [0.25, 0.3) is 0 Å². The SMILES string of the molecule is O=C(O)c1occc1CN(CC(F)(F)F)C1CC1. The summed E-state index contributed by atoms with van der Waals surface area (Å²) in [7, 11) is 0. The molecule has 1 heterocycles. The van der Waals surface area contributed by atoms with Gasteiger partial charge in [-0.1, -0.05) is 0 Å². The predicted molar refractivity (Wildman–Crippen MR) is 55.2 cm³/mol. The van der Waals surface area contributed by atoms with Crippen LogP contribution in [-0.4, -0.2) is 34.7 Å². The Kier molecular flexibility index (Phi) is 3.34. The molecule has 1 aromatic heterocycles. The zero-order valence-corrected chi connectivity index (χ0v) is 9.41. The summed E-state index contributed by atoms with van der Waals surface area (Å²) in [5, 5.41) is 8.82. The van der Waals surface area contributed by atoms with Crippen LogP contribution in [0.4, 0.5) is 13.2 Å². The second-order valence-corrected chi connectivity index (χ2v) is 4.33. The number of rotatable bonds is 5. The monoisotopic (exact) mass is 263 g/mol. The molecule has 1 N–H and O–H groups in total. The second kappa shape index (κ2) is 4.64. The Morgan fingerprint density at radius 3 is 2.67 bits per heavy atom. The normalized spacial score (nSPS) is 16.2. The fraction of sp³-hybridized carbons (Fsp3) is 0.545. The molecule has 0 aliphatic heterocycles. The smallest absolute Gasteiger partial charge is 0.401 e. The molecule has 100 valence electrons. The number of carboxylic acid groups (broad SMARTS) is 1. The van der Waals surface area contributed by atoms with Gasteiger partial charge in [0.05, 0.1) is 12.8 Å². The largest absolute Gasteiger partial charge is 0.475 e. The molecule has 0 unspecified atom stereocenters. The number of carbonyl (C=O) groups is 1. The number of hydrogen-bond acceptors (Lipinski definition) is 3. The number of furan rings is 1. The molecule has 1 fully saturated rings. The van der Waals surface area contributed by atoms with Crippen molar-refractivity contribution in [3.05, 3.63) is 23.7 Å². The van der Waals surface area contributed by atoms with Gasteiger partial charge in [0.15, 0.2) is 0 Å².